The molecular weight excluding hydrogens is 236 g/mol. The summed E-state index contributed by atoms with van der Waals surface area (Å²) in [4.78, 5) is 0. The van der Waals surface area contributed by atoms with Crippen molar-refractivity contribution in [2.45, 2.75) is 13.8 Å². The molecule has 0 radical (unpaired) electrons. The Balaban J connectivity index is 2.37. The molecule has 0 aromatic heterocycles. The molecule has 0 unspecified atom stereocenters. The fourth-order valence-electron chi connectivity index (χ4n) is 1.79. The van der Waals surface area contributed by atoms with Crippen molar-refractivity contribution in [3.63, 3.8) is 0 Å². The molecule has 0 saturated heterocycles. The lowest BCUT2D eigenvalue weighted by molar-refractivity contribution is 0.912. The lowest BCUT2D eigenvalue weighted by Gasteiger charge is -2.25. The summed E-state index contributed by atoms with van der Waals surface area (Å²) >= 11 is 0. The van der Waals surface area contributed by atoms with Gasteiger partial charge in [-0.25, -0.2) is 0 Å². The van der Waals surface area contributed by atoms with Gasteiger partial charge in [0, 0.05) is 0 Å². The summed E-state index contributed by atoms with van der Waals surface area (Å²) < 4.78 is 0. The molecule has 2 aromatic rings. The van der Waals surface area contributed by atoms with E-state index in [1.807, 2.05) is 62.4 Å². The Hall–Kier alpha value is -2.49. The Labute approximate surface area is 113 Å². The average molecular weight is 254 g/mol. The van der Waals surface area contributed by atoms with Crippen molar-refractivity contribution in [2.24, 2.45) is 5.73 Å². The van der Waals surface area contributed by atoms with E-state index >= 15 is 0 Å². The van der Waals surface area contributed by atoms with E-state index in [9.17, 15) is 0 Å². The van der Waals surface area contributed by atoms with Crippen LogP contribution in [-0.2, 0) is 0 Å². The molecule has 0 amide bonds. The van der Waals surface area contributed by atoms with E-state index in [0.29, 0.717) is 0 Å². The van der Waals surface area contributed by atoms with Gasteiger partial charge in [0.25, 0.3) is 0 Å². The van der Waals surface area contributed by atoms with Crippen LogP contribution >= 0.6 is 0 Å². The number of nitrogens with two attached hydrogens (primary N) is 1. The number of hydrogen-bond acceptors (Lipinski definition) is 2. The first kappa shape index (κ1) is 13.0. The summed E-state index contributed by atoms with van der Waals surface area (Å²) in [5.74, 6) is -0.0962. The van der Waals surface area contributed by atoms with Gasteiger partial charge in [0.05, 0.1) is 11.4 Å². The summed E-state index contributed by atoms with van der Waals surface area (Å²) in [6.45, 7) is 4.08. The number of aryl methyl sites for hydroxylation is 2. The molecule has 4 N–H and O–H groups in total. The summed E-state index contributed by atoms with van der Waals surface area (Å²) in [7, 11) is 0. The van der Waals surface area contributed by atoms with Crippen LogP contribution in [0.4, 0.5) is 11.4 Å². The van der Waals surface area contributed by atoms with Gasteiger partial charge in [-0.15, -0.1) is 0 Å². The van der Waals surface area contributed by atoms with Crippen LogP contribution in [0.2, 0.25) is 0 Å². The predicted molar refractivity (Wildman–Crippen MR) is 79.5 cm³/mol. The highest BCUT2D eigenvalue weighted by Crippen LogP contribution is 2.23. The van der Waals surface area contributed by atoms with Gasteiger partial charge in [-0.3, -0.25) is 15.8 Å². The topological polar surface area (TPSA) is 65.1 Å². The molecule has 19 heavy (non-hydrogen) atoms. The minimum atomic E-state index is -0.0962. The van der Waals surface area contributed by atoms with Crippen LogP contribution < -0.4 is 16.2 Å². The number of guanidine groups is 1. The number of rotatable bonds is 3. The zero-order chi connectivity index (χ0) is 13.8. The lowest BCUT2D eigenvalue weighted by Crippen LogP contribution is -2.42. The molecule has 0 spiro atoms. The van der Waals surface area contributed by atoms with Crippen LogP contribution in [0.3, 0.4) is 0 Å². The largest absolute Gasteiger partial charge is 0.369 e. The Morgan fingerprint density at radius 3 is 1.58 bits per heavy atom. The number of hydrazine groups is 1. The standard InChI is InChI=1S/C15H18N4/c1-11-3-7-13(8-4-11)19(18-15(16)17)14-9-5-12(2)6-10-14/h3-10H,1-2H3,(H4,16,17,18). The van der Waals surface area contributed by atoms with Gasteiger partial charge < -0.3 is 5.73 Å². The molecule has 4 nitrogen and oxygen atoms in total. The third kappa shape index (κ3) is 3.25. The summed E-state index contributed by atoms with van der Waals surface area (Å²) in [5, 5.41) is 9.23. The van der Waals surface area contributed by atoms with E-state index < -0.39 is 0 Å². The quantitative estimate of drug-likeness (QED) is 0.448. The molecule has 0 aliphatic carbocycles. The molecule has 0 atom stereocenters. The average Bonchev–Trinajstić information content (AvgIpc) is 2.38. The second kappa shape index (κ2) is 5.44. The van der Waals surface area contributed by atoms with Gasteiger partial charge in [-0.1, -0.05) is 35.4 Å². The van der Waals surface area contributed by atoms with Crippen molar-refractivity contribution >= 4 is 17.3 Å². The first-order valence-electron chi connectivity index (χ1n) is 6.10. The second-order valence-corrected chi connectivity index (χ2v) is 4.53. The molecule has 0 saturated carbocycles. The van der Waals surface area contributed by atoms with Crippen molar-refractivity contribution < 1.29 is 0 Å². The first-order valence-corrected chi connectivity index (χ1v) is 6.10. The zero-order valence-corrected chi connectivity index (χ0v) is 11.1. The van der Waals surface area contributed by atoms with Gasteiger partial charge in [-0.05, 0) is 38.1 Å². The fourth-order valence-corrected chi connectivity index (χ4v) is 1.79. The van der Waals surface area contributed by atoms with Crippen LogP contribution in [0.15, 0.2) is 48.5 Å². The van der Waals surface area contributed by atoms with E-state index in [-0.39, 0.29) is 5.96 Å². The number of benzene rings is 2. The van der Waals surface area contributed by atoms with E-state index in [0.717, 1.165) is 11.4 Å². The van der Waals surface area contributed by atoms with Crippen molar-refractivity contribution in [1.29, 1.82) is 5.41 Å². The number of nitrogens with one attached hydrogen (secondary N) is 2. The molecule has 2 aromatic carbocycles. The molecule has 0 aliphatic heterocycles. The normalized spacial score (nSPS) is 10.0. The molecule has 4 heteroatoms. The molecule has 0 aliphatic rings. The molecule has 2 rings (SSSR count). The van der Waals surface area contributed by atoms with Crippen molar-refractivity contribution in [3.05, 3.63) is 59.7 Å². The number of anilines is 2. The maximum Gasteiger partial charge on any atom is 0.205 e. The molecule has 98 valence electrons. The van der Waals surface area contributed by atoms with Crippen molar-refractivity contribution in [3.8, 4) is 0 Å². The van der Waals surface area contributed by atoms with Crippen LogP contribution in [0.1, 0.15) is 11.1 Å². The Morgan fingerprint density at radius 1 is 0.895 bits per heavy atom. The maximum atomic E-state index is 7.43. The Kier molecular flexibility index (Phi) is 3.71. The van der Waals surface area contributed by atoms with E-state index in [1.165, 1.54) is 11.1 Å². The summed E-state index contributed by atoms with van der Waals surface area (Å²) in [6.07, 6.45) is 0. The Bertz CT molecular complexity index is 512. The molecular formula is C15H18N4. The van der Waals surface area contributed by atoms with Crippen LogP contribution in [0.5, 0.6) is 0 Å². The van der Waals surface area contributed by atoms with Gasteiger partial charge in [0.15, 0.2) is 0 Å². The molecule has 0 heterocycles. The summed E-state index contributed by atoms with van der Waals surface area (Å²) in [5.41, 5.74) is 12.6. The van der Waals surface area contributed by atoms with E-state index in [1.54, 1.807) is 5.01 Å². The lowest BCUT2D eigenvalue weighted by atomic mass is 10.2. The fraction of sp³-hybridized carbons (Fsp3) is 0.133. The van der Waals surface area contributed by atoms with Crippen molar-refractivity contribution in [2.75, 3.05) is 5.01 Å². The van der Waals surface area contributed by atoms with Gasteiger partial charge in [-0.2, -0.15) is 0 Å². The van der Waals surface area contributed by atoms with Crippen LogP contribution in [0.25, 0.3) is 0 Å². The predicted octanol–water partition coefficient (Wildman–Crippen LogP) is 2.84. The SMILES string of the molecule is Cc1ccc(N(NC(=N)N)c2ccc(C)cc2)cc1. The minimum Gasteiger partial charge on any atom is -0.369 e. The monoisotopic (exact) mass is 254 g/mol. The third-order valence-electron chi connectivity index (χ3n) is 2.82. The second-order valence-electron chi connectivity index (χ2n) is 4.53. The van der Waals surface area contributed by atoms with Gasteiger partial charge >= 0.3 is 0 Å². The van der Waals surface area contributed by atoms with Gasteiger partial charge in [0.1, 0.15) is 0 Å². The first-order chi connectivity index (χ1) is 9.06. The smallest absolute Gasteiger partial charge is 0.205 e. The highest BCUT2D eigenvalue weighted by Gasteiger charge is 2.09. The molecule has 0 bridgehead atoms. The highest BCUT2D eigenvalue weighted by atomic mass is 15.5. The Morgan fingerprint density at radius 2 is 1.26 bits per heavy atom. The van der Waals surface area contributed by atoms with Crippen molar-refractivity contribution in [1.82, 2.24) is 5.43 Å². The van der Waals surface area contributed by atoms with Gasteiger partial charge in [0.2, 0.25) is 5.96 Å². The van der Waals surface area contributed by atoms with Crippen LogP contribution in [-0.4, -0.2) is 5.96 Å². The highest BCUT2D eigenvalue weighted by molar-refractivity contribution is 5.79. The van der Waals surface area contributed by atoms with E-state index in [2.05, 4.69) is 5.43 Å². The summed E-state index contributed by atoms with van der Waals surface area (Å²) in [6, 6.07) is 16.1. The van der Waals surface area contributed by atoms with Crippen LogP contribution in [0, 0.1) is 19.3 Å². The van der Waals surface area contributed by atoms with E-state index in [4.69, 9.17) is 11.1 Å². The number of hydrogen-bond donors (Lipinski definition) is 3. The molecule has 0 fully saturated rings. The number of nitrogens with zero attached hydrogens (tertiary/aromatic N) is 1. The minimum absolute atomic E-state index is 0.0962. The third-order valence-corrected chi connectivity index (χ3v) is 2.82. The zero-order valence-electron chi connectivity index (χ0n) is 11.1. The maximum absolute atomic E-state index is 7.43.